The van der Waals surface area contributed by atoms with Gasteiger partial charge in [-0.1, -0.05) is 45.5 Å². The Bertz CT molecular complexity index is 386. The van der Waals surface area contributed by atoms with Crippen LogP contribution < -0.4 is 0 Å². The van der Waals surface area contributed by atoms with Crippen LogP contribution in [0.4, 0.5) is 0 Å². The van der Waals surface area contributed by atoms with Crippen molar-refractivity contribution in [2.45, 2.75) is 47.0 Å². The number of hydrogen-bond donors (Lipinski definition) is 0. The molecular formula is C17H27N. The molecule has 0 atom stereocenters. The molecule has 3 rings (SSSR count). The van der Waals surface area contributed by atoms with Crippen molar-refractivity contribution in [3.8, 4) is 0 Å². The standard InChI is InChI=1S/C14H17N.C2H6.CH4/c1-2-6-13-11-14(8-7-12(13)5-1)15-9-3-4-10-15;1-2;/h1-2,5-6,11H,3-4,7-10H2;1-2H3;1H4. The zero-order valence-corrected chi connectivity index (χ0v) is 11.1. The lowest BCUT2D eigenvalue weighted by atomic mass is 9.95. The van der Waals surface area contributed by atoms with E-state index in [1.54, 1.807) is 5.70 Å². The van der Waals surface area contributed by atoms with E-state index in [0.717, 1.165) is 0 Å². The molecule has 1 heteroatoms. The first kappa shape index (κ1) is 14.8. The third-order valence-electron chi connectivity index (χ3n) is 3.54. The first-order chi connectivity index (χ1) is 8.43. The second kappa shape index (κ2) is 7.25. The van der Waals surface area contributed by atoms with E-state index in [0.29, 0.717) is 0 Å². The molecule has 0 aromatic heterocycles. The van der Waals surface area contributed by atoms with Gasteiger partial charge >= 0.3 is 0 Å². The van der Waals surface area contributed by atoms with E-state index in [1.807, 2.05) is 13.8 Å². The Balaban J connectivity index is 0.000000516. The fraction of sp³-hybridized carbons (Fsp3) is 0.529. The maximum atomic E-state index is 2.57. The van der Waals surface area contributed by atoms with Gasteiger partial charge in [0, 0.05) is 18.8 Å². The Morgan fingerprint density at radius 2 is 1.61 bits per heavy atom. The molecule has 0 N–H and O–H groups in total. The number of allylic oxidation sites excluding steroid dienone is 1. The minimum Gasteiger partial charge on any atom is -0.375 e. The Hall–Kier alpha value is -1.24. The number of likely N-dealkylation sites (tertiary alicyclic amines) is 1. The average Bonchev–Trinajstić information content (AvgIpc) is 2.94. The molecule has 1 aliphatic heterocycles. The summed E-state index contributed by atoms with van der Waals surface area (Å²) >= 11 is 0. The molecule has 0 spiro atoms. The first-order valence-corrected chi connectivity index (χ1v) is 6.97. The van der Waals surface area contributed by atoms with E-state index in [4.69, 9.17) is 0 Å². The fourth-order valence-corrected chi connectivity index (χ4v) is 2.67. The normalized spacial score (nSPS) is 17.0. The Kier molecular flexibility index (Phi) is 5.97. The zero-order valence-electron chi connectivity index (χ0n) is 11.1. The highest BCUT2D eigenvalue weighted by molar-refractivity contribution is 5.59. The topological polar surface area (TPSA) is 3.24 Å². The summed E-state index contributed by atoms with van der Waals surface area (Å²) in [4.78, 5) is 2.57. The number of aryl methyl sites for hydroxylation is 1. The van der Waals surface area contributed by atoms with Crippen LogP contribution in [0.2, 0.25) is 0 Å². The molecule has 18 heavy (non-hydrogen) atoms. The van der Waals surface area contributed by atoms with Gasteiger partial charge in [0.2, 0.25) is 0 Å². The van der Waals surface area contributed by atoms with Crippen molar-refractivity contribution < 1.29 is 0 Å². The van der Waals surface area contributed by atoms with Gasteiger partial charge in [0.1, 0.15) is 0 Å². The van der Waals surface area contributed by atoms with Gasteiger partial charge in [-0.25, -0.2) is 0 Å². The molecule has 0 unspecified atom stereocenters. The van der Waals surface area contributed by atoms with Crippen LogP contribution in [0.1, 0.15) is 51.7 Å². The predicted octanol–water partition coefficient (Wildman–Crippen LogP) is 4.73. The van der Waals surface area contributed by atoms with E-state index >= 15 is 0 Å². The third kappa shape index (κ3) is 3.16. The zero-order chi connectivity index (χ0) is 12.1. The summed E-state index contributed by atoms with van der Waals surface area (Å²) in [5.41, 5.74) is 4.51. The van der Waals surface area contributed by atoms with Gasteiger partial charge in [-0.2, -0.15) is 0 Å². The minimum atomic E-state index is 0. The summed E-state index contributed by atoms with van der Waals surface area (Å²) < 4.78 is 0. The molecule has 0 radical (unpaired) electrons. The summed E-state index contributed by atoms with van der Waals surface area (Å²) in [7, 11) is 0. The van der Waals surface area contributed by atoms with E-state index in [1.165, 1.54) is 49.9 Å². The monoisotopic (exact) mass is 245 g/mol. The largest absolute Gasteiger partial charge is 0.375 e. The maximum Gasteiger partial charge on any atom is 0.0175 e. The van der Waals surface area contributed by atoms with Crippen molar-refractivity contribution in [3.05, 3.63) is 41.1 Å². The van der Waals surface area contributed by atoms with Gasteiger partial charge in [-0.3, -0.25) is 0 Å². The van der Waals surface area contributed by atoms with Crippen molar-refractivity contribution in [1.29, 1.82) is 0 Å². The van der Waals surface area contributed by atoms with E-state index in [2.05, 4.69) is 35.2 Å². The molecule has 100 valence electrons. The molecule has 1 nitrogen and oxygen atoms in total. The molecule has 0 amide bonds. The quantitative estimate of drug-likeness (QED) is 0.691. The molecule has 1 aromatic carbocycles. The highest BCUT2D eigenvalue weighted by Crippen LogP contribution is 2.27. The Labute approximate surface area is 113 Å². The van der Waals surface area contributed by atoms with Crippen molar-refractivity contribution in [2.24, 2.45) is 0 Å². The SMILES string of the molecule is C.C1=C(N2CCCC2)CCc2ccccc21.CC. The van der Waals surface area contributed by atoms with Crippen LogP contribution in [-0.2, 0) is 6.42 Å². The van der Waals surface area contributed by atoms with Crippen molar-refractivity contribution in [2.75, 3.05) is 13.1 Å². The molecule has 1 saturated heterocycles. The summed E-state index contributed by atoms with van der Waals surface area (Å²) in [6.07, 6.45) is 7.59. The summed E-state index contributed by atoms with van der Waals surface area (Å²) in [6.45, 7) is 6.54. The second-order valence-electron chi connectivity index (χ2n) is 4.53. The molecule has 0 bridgehead atoms. The van der Waals surface area contributed by atoms with Crippen molar-refractivity contribution in [1.82, 2.24) is 4.90 Å². The second-order valence-corrected chi connectivity index (χ2v) is 4.53. The first-order valence-electron chi connectivity index (χ1n) is 6.97. The van der Waals surface area contributed by atoms with Crippen molar-refractivity contribution >= 4 is 6.08 Å². The van der Waals surface area contributed by atoms with Crippen LogP contribution in [0, 0.1) is 0 Å². The van der Waals surface area contributed by atoms with Crippen LogP contribution >= 0.6 is 0 Å². The summed E-state index contributed by atoms with van der Waals surface area (Å²) in [6, 6.07) is 8.78. The van der Waals surface area contributed by atoms with Crippen LogP contribution in [-0.4, -0.2) is 18.0 Å². The van der Waals surface area contributed by atoms with Crippen LogP contribution in [0.25, 0.3) is 6.08 Å². The van der Waals surface area contributed by atoms with E-state index in [-0.39, 0.29) is 7.43 Å². The van der Waals surface area contributed by atoms with Crippen LogP contribution in [0.3, 0.4) is 0 Å². The summed E-state index contributed by atoms with van der Waals surface area (Å²) in [5.74, 6) is 0. The molecule has 1 fully saturated rings. The highest BCUT2D eigenvalue weighted by Gasteiger charge is 2.17. The lowest BCUT2D eigenvalue weighted by Gasteiger charge is -2.25. The van der Waals surface area contributed by atoms with E-state index in [9.17, 15) is 0 Å². The molecule has 0 saturated carbocycles. The Morgan fingerprint density at radius 1 is 0.944 bits per heavy atom. The number of hydrogen-bond acceptors (Lipinski definition) is 1. The smallest absolute Gasteiger partial charge is 0.0175 e. The van der Waals surface area contributed by atoms with Gasteiger partial charge in [0.15, 0.2) is 0 Å². The number of nitrogens with zero attached hydrogens (tertiary/aromatic N) is 1. The van der Waals surface area contributed by atoms with Gasteiger partial charge in [0.05, 0.1) is 0 Å². The van der Waals surface area contributed by atoms with Crippen LogP contribution in [0.5, 0.6) is 0 Å². The van der Waals surface area contributed by atoms with Gasteiger partial charge < -0.3 is 4.90 Å². The van der Waals surface area contributed by atoms with E-state index < -0.39 is 0 Å². The van der Waals surface area contributed by atoms with Gasteiger partial charge in [-0.15, -0.1) is 0 Å². The minimum absolute atomic E-state index is 0. The molecule has 2 aliphatic rings. The predicted molar refractivity (Wildman–Crippen MR) is 81.6 cm³/mol. The molecular weight excluding hydrogens is 218 g/mol. The molecule has 1 heterocycles. The number of rotatable bonds is 1. The molecule has 1 aliphatic carbocycles. The van der Waals surface area contributed by atoms with Crippen molar-refractivity contribution in [3.63, 3.8) is 0 Å². The summed E-state index contributed by atoms with van der Waals surface area (Å²) in [5, 5.41) is 0. The third-order valence-corrected chi connectivity index (χ3v) is 3.54. The lowest BCUT2D eigenvalue weighted by molar-refractivity contribution is 0.411. The maximum absolute atomic E-state index is 2.57. The lowest BCUT2D eigenvalue weighted by Crippen LogP contribution is -2.20. The van der Waals surface area contributed by atoms with Gasteiger partial charge in [-0.05, 0) is 42.9 Å². The number of fused-ring (bicyclic) bond motifs is 1. The fourth-order valence-electron chi connectivity index (χ4n) is 2.67. The van der Waals surface area contributed by atoms with Gasteiger partial charge in [0.25, 0.3) is 0 Å². The highest BCUT2D eigenvalue weighted by atomic mass is 15.1. The number of benzene rings is 1. The Morgan fingerprint density at radius 3 is 2.33 bits per heavy atom. The average molecular weight is 245 g/mol. The van der Waals surface area contributed by atoms with Crippen LogP contribution in [0.15, 0.2) is 30.0 Å². The molecule has 1 aromatic rings.